The summed E-state index contributed by atoms with van der Waals surface area (Å²) in [5, 5.41) is 4.71. The number of nitrogens with one attached hydrogen (secondary N) is 1. The molecule has 1 N–H and O–H groups in total. The summed E-state index contributed by atoms with van der Waals surface area (Å²) in [6.45, 7) is 0.676. The van der Waals surface area contributed by atoms with Gasteiger partial charge in [0.2, 0.25) is 5.76 Å². The monoisotopic (exact) mass is 413 g/mol. The van der Waals surface area contributed by atoms with Crippen LogP contribution in [0.25, 0.3) is 0 Å². The van der Waals surface area contributed by atoms with E-state index in [0.717, 1.165) is 11.3 Å². The van der Waals surface area contributed by atoms with Crippen molar-refractivity contribution in [2.45, 2.75) is 12.5 Å². The number of hydrogen-bond donors (Lipinski definition) is 1. The van der Waals surface area contributed by atoms with Crippen molar-refractivity contribution in [1.82, 2.24) is 9.88 Å². The van der Waals surface area contributed by atoms with Crippen LogP contribution < -0.4 is 14.8 Å². The van der Waals surface area contributed by atoms with Crippen LogP contribution in [0.5, 0.6) is 11.5 Å². The maximum absolute atomic E-state index is 13.2. The summed E-state index contributed by atoms with van der Waals surface area (Å²) in [6, 6.07) is 7.29. The molecule has 29 heavy (non-hydrogen) atoms. The Morgan fingerprint density at radius 1 is 1.31 bits per heavy atom. The van der Waals surface area contributed by atoms with E-state index < -0.39 is 5.91 Å². The molecule has 8 nitrogen and oxygen atoms in total. The number of likely N-dealkylation sites (tertiary alicyclic amines) is 1. The molecule has 3 heterocycles. The number of thiophene rings is 1. The first-order valence-corrected chi connectivity index (χ1v) is 9.80. The van der Waals surface area contributed by atoms with Crippen LogP contribution in [0.1, 0.15) is 38.3 Å². The Balaban J connectivity index is 1.65. The summed E-state index contributed by atoms with van der Waals surface area (Å²) in [5.74, 6) is 0.0663. The number of amides is 2. The van der Waals surface area contributed by atoms with Crippen molar-refractivity contribution < 1.29 is 23.5 Å². The third-order valence-electron chi connectivity index (χ3n) is 4.78. The van der Waals surface area contributed by atoms with Gasteiger partial charge in [0, 0.05) is 17.0 Å². The third-order valence-corrected chi connectivity index (χ3v) is 5.76. The number of carbonyl (C=O) groups is 2. The van der Waals surface area contributed by atoms with Crippen molar-refractivity contribution in [2.24, 2.45) is 0 Å². The van der Waals surface area contributed by atoms with E-state index in [0.29, 0.717) is 29.3 Å². The van der Waals surface area contributed by atoms with Crippen LogP contribution in [0.3, 0.4) is 0 Å². The summed E-state index contributed by atoms with van der Waals surface area (Å²) >= 11 is 1.64. The minimum absolute atomic E-state index is 0.0447. The lowest BCUT2D eigenvalue weighted by atomic mass is 9.99. The molecule has 3 aromatic rings. The Hall–Kier alpha value is -3.33. The van der Waals surface area contributed by atoms with Gasteiger partial charge in [-0.1, -0.05) is 6.07 Å². The Morgan fingerprint density at radius 2 is 2.17 bits per heavy atom. The number of rotatable bonds is 6. The lowest BCUT2D eigenvalue weighted by Crippen LogP contribution is -2.44. The summed E-state index contributed by atoms with van der Waals surface area (Å²) in [5.41, 5.74) is 0.710. The fraction of sp³-hybridized carbons (Fsp3) is 0.250. The van der Waals surface area contributed by atoms with Gasteiger partial charge in [-0.2, -0.15) is 0 Å². The molecule has 1 aromatic carbocycles. The van der Waals surface area contributed by atoms with E-state index in [1.54, 1.807) is 23.5 Å². The highest BCUT2D eigenvalue weighted by Crippen LogP contribution is 2.40. The van der Waals surface area contributed by atoms with Crippen molar-refractivity contribution in [3.8, 4) is 11.5 Å². The molecule has 9 heteroatoms. The number of nitrogens with zero attached hydrogens (tertiary/aromatic N) is 2. The Morgan fingerprint density at radius 3 is 2.76 bits per heavy atom. The molecular weight excluding hydrogens is 394 g/mol. The van der Waals surface area contributed by atoms with Crippen LogP contribution in [0.4, 0.5) is 5.69 Å². The second-order valence-corrected chi connectivity index (χ2v) is 7.38. The largest absolute Gasteiger partial charge is 0.493 e. The smallest absolute Gasteiger partial charge is 0.293 e. The zero-order valence-corrected chi connectivity index (χ0v) is 16.7. The van der Waals surface area contributed by atoms with Crippen LogP contribution in [-0.4, -0.2) is 42.5 Å². The summed E-state index contributed by atoms with van der Waals surface area (Å²) in [7, 11) is 2.94. The molecule has 4 rings (SSSR count). The average Bonchev–Trinajstić information content (AvgIpc) is 3.40. The quantitative estimate of drug-likeness (QED) is 0.664. The molecule has 1 atom stereocenters. The van der Waals surface area contributed by atoms with Gasteiger partial charge in [0.15, 0.2) is 17.9 Å². The summed E-state index contributed by atoms with van der Waals surface area (Å²) < 4.78 is 15.8. The van der Waals surface area contributed by atoms with Gasteiger partial charge < -0.3 is 24.1 Å². The topological polar surface area (TPSA) is 93.9 Å². The maximum atomic E-state index is 13.2. The van der Waals surface area contributed by atoms with Crippen LogP contribution in [-0.2, 0) is 0 Å². The lowest BCUT2D eigenvalue weighted by molar-refractivity contribution is 0.0467. The van der Waals surface area contributed by atoms with Crippen LogP contribution in [0, 0.1) is 0 Å². The zero-order chi connectivity index (χ0) is 20.4. The SMILES string of the molecule is COc1cc(C(=O)N2CCC2c2cccs2)cc(NC(=O)c2cnco2)c1OC. The number of ether oxygens (including phenoxy) is 2. The second kappa shape index (κ2) is 7.96. The molecule has 1 aliphatic rings. The predicted octanol–water partition coefficient (Wildman–Crippen LogP) is 3.59. The van der Waals surface area contributed by atoms with Crippen LogP contribution in [0.15, 0.2) is 46.7 Å². The van der Waals surface area contributed by atoms with Gasteiger partial charge in [-0.15, -0.1) is 11.3 Å². The van der Waals surface area contributed by atoms with E-state index in [2.05, 4.69) is 10.3 Å². The maximum Gasteiger partial charge on any atom is 0.293 e. The average molecular weight is 413 g/mol. The van der Waals surface area contributed by atoms with Crippen molar-refractivity contribution in [1.29, 1.82) is 0 Å². The van der Waals surface area contributed by atoms with E-state index in [1.807, 2.05) is 22.4 Å². The Labute approximate surface area is 171 Å². The zero-order valence-electron chi connectivity index (χ0n) is 15.9. The molecule has 1 aliphatic heterocycles. The number of benzene rings is 1. The highest BCUT2D eigenvalue weighted by Gasteiger charge is 2.35. The number of aromatic nitrogens is 1. The van der Waals surface area contributed by atoms with Crippen molar-refractivity contribution >= 4 is 28.8 Å². The molecule has 0 bridgehead atoms. The van der Waals surface area contributed by atoms with Crippen molar-refractivity contribution in [2.75, 3.05) is 26.1 Å². The predicted molar refractivity (Wildman–Crippen MR) is 107 cm³/mol. The summed E-state index contributed by atoms with van der Waals surface area (Å²) in [6.07, 6.45) is 3.40. The number of oxazole rings is 1. The number of anilines is 1. The van der Waals surface area contributed by atoms with Crippen LogP contribution in [0.2, 0.25) is 0 Å². The van der Waals surface area contributed by atoms with Gasteiger partial charge >= 0.3 is 0 Å². The number of methoxy groups -OCH3 is 2. The highest BCUT2D eigenvalue weighted by molar-refractivity contribution is 7.10. The second-order valence-electron chi connectivity index (χ2n) is 6.40. The normalized spacial score (nSPS) is 15.5. The Kier molecular flexibility index (Phi) is 5.22. The van der Waals surface area contributed by atoms with E-state index >= 15 is 0 Å². The molecule has 2 aromatic heterocycles. The van der Waals surface area contributed by atoms with Crippen LogP contribution >= 0.6 is 11.3 Å². The Bertz CT molecular complexity index is 1020. The lowest BCUT2D eigenvalue weighted by Gasteiger charge is -2.40. The molecule has 2 amide bonds. The minimum Gasteiger partial charge on any atom is -0.493 e. The first-order valence-electron chi connectivity index (χ1n) is 8.92. The molecule has 0 radical (unpaired) electrons. The van der Waals surface area contributed by atoms with Crippen molar-refractivity contribution in [3.05, 3.63) is 58.4 Å². The molecule has 1 fully saturated rings. The summed E-state index contributed by atoms with van der Waals surface area (Å²) in [4.78, 5) is 32.3. The van der Waals surface area contributed by atoms with Gasteiger partial charge in [0.1, 0.15) is 0 Å². The molecule has 0 saturated carbocycles. The molecule has 0 aliphatic carbocycles. The van der Waals surface area contributed by atoms with E-state index in [1.165, 1.54) is 26.8 Å². The van der Waals surface area contributed by atoms with Gasteiger partial charge in [0.25, 0.3) is 11.8 Å². The van der Waals surface area contributed by atoms with Gasteiger partial charge in [-0.25, -0.2) is 4.98 Å². The van der Waals surface area contributed by atoms with Gasteiger partial charge in [-0.05, 0) is 30.0 Å². The van der Waals surface area contributed by atoms with E-state index in [9.17, 15) is 9.59 Å². The minimum atomic E-state index is -0.507. The standard InChI is InChI=1S/C20H19N3O5S/c1-26-15-9-12(20(25)23-6-5-14(23)17-4-3-7-29-17)8-13(18(15)27-2)22-19(24)16-10-21-11-28-16/h3-4,7-11,14H,5-6H2,1-2H3,(H,22,24). The molecule has 1 saturated heterocycles. The van der Waals surface area contributed by atoms with Crippen molar-refractivity contribution in [3.63, 3.8) is 0 Å². The fourth-order valence-corrected chi connectivity index (χ4v) is 4.14. The van der Waals surface area contributed by atoms with E-state index in [4.69, 9.17) is 13.9 Å². The third kappa shape index (κ3) is 3.56. The molecular formula is C20H19N3O5S. The highest BCUT2D eigenvalue weighted by atomic mass is 32.1. The molecule has 0 spiro atoms. The van der Waals surface area contributed by atoms with Gasteiger partial charge in [0.05, 0.1) is 32.1 Å². The molecule has 1 unspecified atom stereocenters. The first kappa shape index (κ1) is 19.0. The number of carbonyl (C=O) groups excluding carboxylic acids is 2. The number of hydrogen-bond acceptors (Lipinski definition) is 7. The van der Waals surface area contributed by atoms with E-state index in [-0.39, 0.29) is 17.7 Å². The first-order chi connectivity index (χ1) is 14.1. The fourth-order valence-electron chi connectivity index (χ4n) is 3.27. The molecule has 150 valence electrons. The van der Waals surface area contributed by atoms with Gasteiger partial charge in [-0.3, -0.25) is 9.59 Å².